The molecule has 2 heterocycles. The highest BCUT2D eigenvalue weighted by Gasteiger charge is 2.21. The number of hydrogen-bond donors (Lipinski definition) is 2. The lowest BCUT2D eigenvalue weighted by molar-refractivity contribution is 0.0938. The van der Waals surface area contributed by atoms with E-state index in [0.29, 0.717) is 18.1 Å². The molecule has 2 N–H and O–H groups in total. The van der Waals surface area contributed by atoms with Crippen LogP contribution in [0.25, 0.3) is 11.2 Å². The highest BCUT2D eigenvalue weighted by molar-refractivity contribution is 5.80. The fraction of sp³-hybridized carbons (Fsp3) is 0.308. The maximum Gasteiger partial charge on any atom is 0.332 e. The molecule has 4 rings (SSSR count). The molecule has 1 unspecified atom stereocenters. The Labute approximate surface area is 218 Å². The molecule has 0 saturated heterocycles. The first-order chi connectivity index (χ1) is 18.3. The Hall–Kier alpha value is -4.58. The van der Waals surface area contributed by atoms with Crippen LogP contribution >= 0.6 is 0 Å². The fourth-order valence-corrected chi connectivity index (χ4v) is 3.82. The van der Waals surface area contributed by atoms with Gasteiger partial charge in [0.25, 0.3) is 5.56 Å². The molecule has 12 nitrogen and oxygen atoms in total. The topological polar surface area (TPSA) is 134 Å². The van der Waals surface area contributed by atoms with Gasteiger partial charge < -0.3 is 23.9 Å². The van der Waals surface area contributed by atoms with E-state index in [-0.39, 0.29) is 30.3 Å². The standard InChI is InChI=1S/C26H30N6O6/c1-5-37-20-8-6-17(7-9-20)14-27-29-25-28-23-22(24(34)31(3)26(35)30(23)2)32(25)15-18(33)16-38-21-12-10-19(36-4)11-13-21/h6-14,18,33H,5,15-16H2,1-4H3,(H,28,29). The lowest BCUT2D eigenvalue weighted by atomic mass is 10.2. The van der Waals surface area contributed by atoms with Gasteiger partial charge in [0.1, 0.15) is 30.0 Å². The van der Waals surface area contributed by atoms with Crippen LogP contribution in [0, 0.1) is 0 Å². The SMILES string of the molecule is CCOc1ccc(C=NNc2nc3c(c(=O)n(C)c(=O)n3C)n2CC(O)COc2ccc(OC)cc2)cc1. The number of imidazole rings is 1. The normalized spacial score (nSPS) is 12.1. The van der Waals surface area contributed by atoms with Gasteiger partial charge in [0.2, 0.25) is 5.95 Å². The number of hydrazone groups is 1. The smallest absolute Gasteiger partial charge is 0.332 e. The van der Waals surface area contributed by atoms with Gasteiger partial charge in [-0.05, 0) is 61.0 Å². The number of fused-ring (bicyclic) bond motifs is 1. The van der Waals surface area contributed by atoms with Gasteiger partial charge in [0, 0.05) is 14.1 Å². The van der Waals surface area contributed by atoms with Crippen LogP contribution in [0.1, 0.15) is 12.5 Å². The van der Waals surface area contributed by atoms with Crippen LogP contribution in [-0.4, -0.2) is 56.4 Å². The Balaban J connectivity index is 1.59. The molecule has 0 bridgehead atoms. The van der Waals surface area contributed by atoms with Crippen LogP contribution in [0.3, 0.4) is 0 Å². The predicted molar refractivity (Wildman–Crippen MR) is 144 cm³/mol. The molecule has 4 aromatic rings. The first-order valence-corrected chi connectivity index (χ1v) is 12.0. The third-order valence-corrected chi connectivity index (χ3v) is 5.81. The molecule has 0 radical (unpaired) electrons. The number of aliphatic hydroxyl groups is 1. The summed E-state index contributed by atoms with van der Waals surface area (Å²) in [6, 6.07) is 14.3. The molecule has 0 saturated carbocycles. The molecule has 0 aliphatic heterocycles. The van der Waals surface area contributed by atoms with E-state index in [2.05, 4.69) is 15.5 Å². The Morgan fingerprint density at radius 2 is 1.63 bits per heavy atom. The lowest BCUT2D eigenvalue weighted by Crippen LogP contribution is -2.38. The Kier molecular flexibility index (Phi) is 8.12. The number of hydrogen-bond acceptors (Lipinski definition) is 9. The second-order valence-electron chi connectivity index (χ2n) is 8.44. The number of aryl methyl sites for hydroxylation is 1. The lowest BCUT2D eigenvalue weighted by Gasteiger charge is -2.15. The van der Waals surface area contributed by atoms with Gasteiger partial charge in [-0.2, -0.15) is 10.1 Å². The van der Waals surface area contributed by atoms with Crippen LogP contribution in [0.4, 0.5) is 5.95 Å². The molecule has 200 valence electrons. The van der Waals surface area contributed by atoms with Crippen molar-refractivity contribution < 1.29 is 19.3 Å². The van der Waals surface area contributed by atoms with E-state index < -0.39 is 17.4 Å². The van der Waals surface area contributed by atoms with Gasteiger partial charge in [-0.3, -0.25) is 13.9 Å². The van der Waals surface area contributed by atoms with Crippen LogP contribution in [0.5, 0.6) is 17.2 Å². The van der Waals surface area contributed by atoms with Gasteiger partial charge >= 0.3 is 5.69 Å². The van der Waals surface area contributed by atoms with Crippen molar-refractivity contribution >= 4 is 23.3 Å². The number of ether oxygens (including phenoxy) is 3. The van der Waals surface area contributed by atoms with E-state index in [9.17, 15) is 14.7 Å². The van der Waals surface area contributed by atoms with E-state index in [0.717, 1.165) is 15.9 Å². The zero-order valence-electron chi connectivity index (χ0n) is 21.6. The summed E-state index contributed by atoms with van der Waals surface area (Å²) in [5, 5.41) is 15.0. The van der Waals surface area contributed by atoms with Crippen molar-refractivity contribution in [2.45, 2.75) is 19.6 Å². The quantitative estimate of drug-likeness (QED) is 0.225. The minimum absolute atomic E-state index is 0.0407. The van der Waals surface area contributed by atoms with Crippen LogP contribution in [-0.2, 0) is 20.6 Å². The van der Waals surface area contributed by atoms with Gasteiger partial charge in [0.05, 0.1) is 26.5 Å². The van der Waals surface area contributed by atoms with Gasteiger partial charge in [0.15, 0.2) is 11.2 Å². The second-order valence-corrected chi connectivity index (χ2v) is 8.44. The van der Waals surface area contributed by atoms with Crippen LogP contribution in [0.2, 0.25) is 0 Å². The van der Waals surface area contributed by atoms with Crippen LogP contribution < -0.4 is 30.9 Å². The van der Waals surface area contributed by atoms with Gasteiger partial charge in [-0.15, -0.1) is 0 Å². The minimum Gasteiger partial charge on any atom is -0.497 e. The summed E-state index contributed by atoms with van der Waals surface area (Å²) in [4.78, 5) is 29.9. The summed E-state index contributed by atoms with van der Waals surface area (Å²) in [6.07, 6.45) is 0.576. The van der Waals surface area contributed by atoms with Crippen molar-refractivity contribution in [3.05, 3.63) is 74.9 Å². The molecule has 2 aromatic carbocycles. The molecule has 0 fully saturated rings. The first-order valence-electron chi connectivity index (χ1n) is 12.0. The Bertz CT molecular complexity index is 1540. The number of anilines is 1. The third kappa shape index (κ3) is 5.70. The van der Waals surface area contributed by atoms with Crippen molar-refractivity contribution in [3.8, 4) is 17.2 Å². The molecule has 0 aliphatic rings. The van der Waals surface area contributed by atoms with Crippen molar-refractivity contribution in [3.63, 3.8) is 0 Å². The first kappa shape index (κ1) is 26.5. The number of rotatable bonds is 11. The third-order valence-electron chi connectivity index (χ3n) is 5.81. The molecule has 1 atom stereocenters. The van der Waals surface area contributed by atoms with Crippen molar-refractivity contribution in [1.82, 2.24) is 18.7 Å². The van der Waals surface area contributed by atoms with Crippen molar-refractivity contribution in [2.75, 3.05) is 25.7 Å². The number of aromatic nitrogens is 4. The Morgan fingerprint density at radius 3 is 2.29 bits per heavy atom. The van der Waals surface area contributed by atoms with E-state index in [1.54, 1.807) is 37.6 Å². The van der Waals surface area contributed by atoms with Crippen molar-refractivity contribution in [1.29, 1.82) is 0 Å². The van der Waals surface area contributed by atoms with E-state index >= 15 is 0 Å². The van der Waals surface area contributed by atoms with Gasteiger partial charge in [-0.25, -0.2) is 10.2 Å². The highest BCUT2D eigenvalue weighted by atomic mass is 16.5. The maximum absolute atomic E-state index is 13.0. The van der Waals surface area contributed by atoms with E-state index in [1.807, 2.05) is 31.2 Å². The number of benzene rings is 2. The van der Waals surface area contributed by atoms with Gasteiger partial charge in [-0.1, -0.05) is 0 Å². The maximum atomic E-state index is 13.0. The number of aliphatic hydroxyl groups excluding tert-OH is 1. The fourth-order valence-electron chi connectivity index (χ4n) is 3.82. The predicted octanol–water partition coefficient (Wildman–Crippen LogP) is 1.73. The molecule has 38 heavy (non-hydrogen) atoms. The molecule has 12 heteroatoms. The summed E-state index contributed by atoms with van der Waals surface area (Å²) in [5.74, 6) is 2.17. The molecular weight excluding hydrogens is 492 g/mol. The summed E-state index contributed by atoms with van der Waals surface area (Å²) in [6.45, 7) is 2.40. The zero-order chi connectivity index (χ0) is 27.2. The van der Waals surface area contributed by atoms with E-state index in [4.69, 9.17) is 14.2 Å². The largest absolute Gasteiger partial charge is 0.497 e. The summed E-state index contributed by atoms with van der Waals surface area (Å²) in [5.41, 5.74) is 2.91. The number of nitrogens with one attached hydrogen (secondary N) is 1. The number of methoxy groups -OCH3 is 1. The molecular formula is C26H30N6O6. The molecule has 2 aromatic heterocycles. The van der Waals surface area contributed by atoms with E-state index in [1.165, 1.54) is 23.2 Å². The summed E-state index contributed by atoms with van der Waals surface area (Å²) >= 11 is 0. The average molecular weight is 523 g/mol. The monoisotopic (exact) mass is 522 g/mol. The summed E-state index contributed by atoms with van der Waals surface area (Å²) < 4.78 is 20.0. The van der Waals surface area contributed by atoms with Crippen molar-refractivity contribution in [2.24, 2.45) is 19.2 Å². The second kappa shape index (κ2) is 11.6. The minimum atomic E-state index is -1.01. The summed E-state index contributed by atoms with van der Waals surface area (Å²) in [7, 11) is 4.49. The Morgan fingerprint density at radius 1 is 1.00 bits per heavy atom. The van der Waals surface area contributed by atoms with Crippen LogP contribution in [0.15, 0.2) is 63.2 Å². The molecule has 0 aliphatic carbocycles. The zero-order valence-corrected chi connectivity index (χ0v) is 21.6. The molecule has 0 amide bonds. The molecule has 0 spiro atoms. The average Bonchev–Trinajstić information content (AvgIpc) is 3.28. The number of nitrogens with zero attached hydrogens (tertiary/aromatic N) is 5. The highest BCUT2D eigenvalue weighted by Crippen LogP contribution is 2.19.